The van der Waals surface area contributed by atoms with Crippen LogP contribution in [-0.4, -0.2) is 34.8 Å². The third-order valence-corrected chi connectivity index (χ3v) is 5.09. The molecule has 1 fully saturated rings. The molecule has 134 valence electrons. The molecule has 1 saturated heterocycles. The summed E-state index contributed by atoms with van der Waals surface area (Å²) in [4.78, 5) is 10.4. The summed E-state index contributed by atoms with van der Waals surface area (Å²) >= 11 is 0. The number of benzene rings is 1. The third-order valence-electron chi connectivity index (χ3n) is 5.09. The summed E-state index contributed by atoms with van der Waals surface area (Å²) in [6.07, 6.45) is 5.15. The van der Waals surface area contributed by atoms with Gasteiger partial charge in [0.25, 0.3) is 0 Å². The summed E-state index contributed by atoms with van der Waals surface area (Å²) in [6, 6.07) is 12.3. The SMILES string of the molecule is Nc1cc(N2CCC[C@](CO)(CCCc3ccccc3)C2)nc(N)n1. The van der Waals surface area contributed by atoms with Crippen molar-refractivity contribution in [1.29, 1.82) is 0 Å². The van der Waals surface area contributed by atoms with E-state index in [2.05, 4.69) is 39.1 Å². The van der Waals surface area contributed by atoms with Crippen LogP contribution in [0.3, 0.4) is 0 Å². The zero-order valence-electron chi connectivity index (χ0n) is 14.6. The lowest BCUT2D eigenvalue weighted by atomic mass is 9.76. The second kappa shape index (κ2) is 7.70. The summed E-state index contributed by atoms with van der Waals surface area (Å²) in [6.45, 7) is 1.86. The molecule has 0 bridgehead atoms. The van der Waals surface area contributed by atoms with E-state index in [9.17, 15) is 5.11 Å². The molecule has 3 rings (SSSR count). The van der Waals surface area contributed by atoms with Crippen molar-refractivity contribution in [3.63, 3.8) is 0 Å². The summed E-state index contributed by atoms with van der Waals surface area (Å²) in [7, 11) is 0. The Labute approximate surface area is 148 Å². The van der Waals surface area contributed by atoms with Gasteiger partial charge in [0.2, 0.25) is 5.95 Å². The van der Waals surface area contributed by atoms with E-state index in [1.807, 2.05) is 6.07 Å². The summed E-state index contributed by atoms with van der Waals surface area (Å²) in [5.41, 5.74) is 12.8. The van der Waals surface area contributed by atoms with Crippen LogP contribution in [0.2, 0.25) is 0 Å². The van der Waals surface area contributed by atoms with Crippen LogP contribution in [0.4, 0.5) is 17.6 Å². The summed E-state index contributed by atoms with van der Waals surface area (Å²) in [5.74, 6) is 1.33. The van der Waals surface area contributed by atoms with E-state index in [1.54, 1.807) is 6.07 Å². The summed E-state index contributed by atoms with van der Waals surface area (Å²) < 4.78 is 0. The molecule has 6 heteroatoms. The molecule has 1 atom stereocenters. The van der Waals surface area contributed by atoms with Gasteiger partial charge < -0.3 is 21.5 Å². The number of aliphatic hydroxyl groups excluding tert-OH is 1. The number of aryl methyl sites for hydroxylation is 1. The Balaban J connectivity index is 1.66. The minimum atomic E-state index is -0.0957. The van der Waals surface area contributed by atoms with Crippen LogP contribution in [0.25, 0.3) is 0 Å². The number of aromatic nitrogens is 2. The fourth-order valence-electron chi connectivity index (χ4n) is 3.76. The molecule has 0 amide bonds. The van der Waals surface area contributed by atoms with Crippen LogP contribution in [0, 0.1) is 5.41 Å². The quantitative estimate of drug-likeness (QED) is 0.745. The van der Waals surface area contributed by atoms with Crippen molar-refractivity contribution in [2.75, 3.05) is 36.1 Å². The van der Waals surface area contributed by atoms with Gasteiger partial charge in [0.05, 0.1) is 6.61 Å². The lowest BCUT2D eigenvalue weighted by Gasteiger charge is -2.42. The number of nitrogen functional groups attached to an aromatic ring is 2. The van der Waals surface area contributed by atoms with Gasteiger partial charge in [0, 0.05) is 24.6 Å². The average Bonchev–Trinajstić information content (AvgIpc) is 2.62. The molecule has 0 spiro atoms. The van der Waals surface area contributed by atoms with Crippen LogP contribution < -0.4 is 16.4 Å². The maximum Gasteiger partial charge on any atom is 0.223 e. The van der Waals surface area contributed by atoms with E-state index >= 15 is 0 Å². The fraction of sp³-hybridized carbons (Fsp3) is 0.474. The highest BCUT2D eigenvalue weighted by molar-refractivity contribution is 5.50. The summed E-state index contributed by atoms with van der Waals surface area (Å²) in [5, 5.41) is 10.1. The number of rotatable bonds is 6. The lowest BCUT2D eigenvalue weighted by molar-refractivity contribution is 0.0939. The molecular weight excluding hydrogens is 314 g/mol. The van der Waals surface area contributed by atoms with E-state index < -0.39 is 0 Å². The Kier molecular flexibility index (Phi) is 5.38. The molecule has 0 aliphatic carbocycles. The second-order valence-corrected chi connectivity index (χ2v) is 7.03. The molecular formula is C19H27N5O. The molecule has 5 N–H and O–H groups in total. The van der Waals surface area contributed by atoms with Crippen molar-refractivity contribution in [2.24, 2.45) is 5.41 Å². The highest BCUT2D eigenvalue weighted by Crippen LogP contribution is 2.36. The predicted molar refractivity (Wildman–Crippen MR) is 101 cm³/mol. The maximum atomic E-state index is 10.1. The Morgan fingerprint density at radius 1 is 1.16 bits per heavy atom. The largest absolute Gasteiger partial charge is 0.396 e. The van der Waals surface area contributed by atoms with E-state index in [0.29, 0.717) is 5.82 Å². The van der Waals surface area contributed by atoms with E-state index in [0.717, 1.165) is 51.0 Å². The molecule has 0 unspecified atom stereocenters. The van der Waals surface area contributed by atoms with Gasteiger partial charge in [-0.2, -0.15) is 9.97 Å². The van der Waals surface area contributed by atoms with Crippen molar-refractivity contribution in [3.05, 3.63) is 42.0 Å². The zero-order valence-corrected chi connectivity index (χ0v) is 14.6. The van der Waals surface area contributed by atoms with Crippen LogP contribution in [0.15, 0.2) is 36.4 Å². The Hall–Kier alpha value is -2.34. The number of aliphatic hydroxyl groups is 1. The third kappa shape index (κ3) is 4.39. The standard InChI is InChI=1S/C19H27N5O/c20-16-12-17(23-18(21)22-16)24-11-5-10-19(13-24,14-25)9-4-8-15-6-2-1-3-7-15/h1-3,6-7,12,25H,4-5,8-11,13-14H2,(H4,20,21,22,23)/t19-/m1/s1. The number of nitrogens with zero attached hydrogens (tertiary/aromatic N) is 3. The molecule has 1 aliphatic rings. The number of nitrogens with two attached hydrogens (primary N) is 2. The molecule has 25 heavy (non-hydrogen) atoms. The van der Waals surface area contributed by atoms with Crippen molar-refractivity contribution in [2.45, 2.75) is 32.1 Å². The van der Waals surface area contributed by atoms with E-state index in [1.165, 1.54) is 5.56 Å². The molecule has 2 aromatic rings. The van der Waals surface area contributed by atoms with Crippen molar-refractivity contribution < 1.29 is 5.11 Å². The minimum absolute atomic E-state index is 0.0957. The average molecular weight is 341 g/mol. The van der Waals surface area contributed by atoms with Gasteiger partial charge >= 0.3 is 0 Å². The van der Waals surface area contributed by atoms with Gasteiger partial charge in [-0.05, 0) is 37.7 Å². The molecule has 6 nitrogen and oxygen atoms in total. The monoisotopic (exact) mass is 341 g/mol. The van der Waals surface area contributed by atoms with Gasteiger partial charge in [0.15, 0.2) is 0 Å². The van der Waals surface area contributed by atoms with Gasteiger partial charge in [-0.25, -0.2) is 0 Å². The van der Waals surface area contributed by atoms with Crippen LogP contribution in [0.5, 0.6) is 0 Å². The maximum absolute atomic E-state index is 10.1. The molecule has 2 heterocycles. The molecule has 1 aromatic carbocycles. The topological polar surface area (TPSA) is 101 Å². The molecule has 0 saturated carbocycles. The fourth-order valence-corrected chi connectivity index (χ4v) is 3.76. The van der Waals surface area contributed by atoms with Gasteiger partial charge in [-0.3, -0.25) is 0 Å². The minimum Gasteiger partial charge on any atom is -0.396 e. The van der Waals surface area contributed by atoms with Crippen LogP contribution >= 0.6 is 0 Å². The molecule has 1 aliphatic heterocycles. The highest BCUT2D eigenvalue weighted by Gasteiger charge is 2.35. The smallest absolute Gasteiger partial charge is 0.223 e. The van der Waals surface area contributed by atoms with Gasteiger partial charge in [0.1, 0.15) is 11.6 Å². The van der Waals surface area contributed by atoms with Crippen molar-refractivity contribution in [1.82, 2.24) is 9.97 Å². The predicted octanol–water partition coefficient (Wildman–Crippen LogP) is 2.24. The zero-order chi connectivity index (χ0) is 17.7. The first-order chi connectivity index (χ1) is 12.1. The van der Waals surface area contributed by atoms with Gasteiger partial charge in [-0.1, -0.05) is 30.3 Å². The number of piperidine rings is 1. The first-order valence-electron chi connectivity index (χ1n) is 8.90. The Morgan fingerprint density at radius 3 is 2.68 bits per heavy atom. The van der Waals surface area contributed by atoms with Crippen molar-refractivity contribution in [3.8, 4) is 0 Å². The normalized spacial score (nSPS) is 20.6. The number of anilines is 3. The second-order valence-electron chi connectivity index (χ2n) is 7.03. The molecule has 0 radical (unpaired) electrons. The number of hydrogen-bond acceptors (Lipinski definition) is 6. The first-order valence-corrected chi connectivity index (χ1v) is 8.90. The molecule has 1 aromatic heterocycles. The van der Waals surface area contributed by atoms with Crippen LogP contribution in [0.1, 0.15) is 31.2 Å². The van der Waals surface area contributed by atoms with Gasteiger partial charge in [-0.15, -0.1) is 0 Å². The highest BCUT2D eigenvalue weighted by atomic mass is 16.3. The number of hydrogen-bond donors (Lipinski definition) is 3. The van der Waals surface area contributed by atoms with Crippen LogP contribution in [-0.2, 0) is 6.42 Å². The Bertz CT molecular complexity index is 673. The van der Waals surface area contributed by atoms with Crippen molar-refractivity contribution >= 4 is 17.6 Å². The lowest BCUT2D eigenvalue weighted by Crippen LogP contribution is -2.46. The first kappa shape index (κ1) is 17.5. The Morgan fingerprint density at radius 2 is 1.96 bits per heavy atom. The van der Waals surface area contributed by atoms with E-state index in [-0.39, 0.29) is 18.0 Å². The van der Waals surface area contributed by atoms with E-state index in [4.69, 9.17) is 11.5 Å².